The second-order valence-corrected chi connectivity index (χ2v) is 7.43. The Kier molecular flexibility index (Phi) is 3.87. The Bertz CT molecular complexity index is 730. The van der Waals surface area contributed by atoms with Gasteiger partial charge in [-0.05, 0) is 24.3 Å². The number of hydrogen-bond donors (Lipinski definition) is 1. The number of benzene rings is 2. The van der Waals surface area contributed by atoms with Crippen LogP contribution in [0.4, 0.5) is 5.69 Å². The Balaban J connectivity index is 1.77. The highest BCUT2D eigenvalue weighted by Gasteiger charge is 2.22. The van der Waals surface area contributed by atoms with Gasteiger partial charge in [-0.1, -0.05) is 36.4 Å². The van der Waals surface area contributed by atoms with Gasteiger partial charge in [0.05, 0.1) is 6.26 Å². The van der Waals surface area contributed by atoms with Crippen molar-refractivity contribution >= 4 is 26.5 Å². The number of nitrogens with one attached hydrogen (secondary N) is 1. The molecule has 0 aliphatic carbocycles. The number of fused-ring (bicyclic) bond motifs is 1. The molecule has 1 N–H and O–H groups in total. The van der Waals surface area contributed by atoms with E-state index in [9.17, 15) is 8.42 Å². The summed E-state index contributed by atoms with van der Waals surface area (Å²) in [6.07, 6.45) is 2.91. The zero-order chi connectivity index (χ0) is 14.9. The van der Waals surface area contributed by atoms with Crippen LogP contribution in [0.3, 0.4) is 0 Å². The highest BCUT2D eigenvalue weighted by atomic mass is 32.2. The minimum atomic E-state index is -3.11. The molecule has 3 rings (SSSR count). The number of rotatable bonds is 3. The summed E-state index contributed by atoms with van der Waals surface area (Å²) in [5.41, 5.74) is 1.24. The Morgan fingerprint density at radius 3 is 2.43 bits per heavy atom. The molecule has 0 saturated carbocycles. The fraction of sp³-hybridized carbons (Fsp3) is 0.375. The van der Waals surface area contributed by atoms with Crippen molar-refractivity contribution in [3.8, 4) is 0 Å². The molecule has 0 aromatic heterocycles. The molecule has 0 unspecified atom stereocenters. The van der Waals surface area contributed by atoms with E-state index in [0.29, 0.717) is 0 Å². The normalized spacial score (nSPS) is 17.3. The van der Waals surface area contributed by atoms with Crippen LogP contribution < -0.4 is 9.62 Å². The van der Waals surface area contributed by atoms with Crippen molar-refractivity contribution in [3.05, 3.63) is 42.5 Å². The Morgan fingerprint density at radius 1 is 1.05 bits per heavy atom. The summed E-state index contributed by atoms with van der Waals surface area (Å²) in [5.74, 6) is 0. The molecule has 2 aromatic carbocycles. The molecule has 0 radical (unpaired) electrons. The molecule has 2 aromatic rings. The molecular weight excluding hydrogens is 284 g/mol. The van der Waals surface area contributed by atoms with Crippen LogP contribution in [0.1, 0.15) is 12.8 Å². The van der Waals surface area contributed by atoms with Gasteiger partial charge in [-0.2, -0.15) is 0 Å². The van der Waals surface area contributed by atoms with Crippen molar-refractivity contribution in [2.75, 3.05) is 24.2 Å². The monoisotopic (exact) mass is 304 g/mol. The molecule has 5 heteroatoms. The molecule has 0 bridgehead atoms. The van der Waals surface area contributed by atoms with Crippen molar-refractivity contribution in [1.29, 1.82) is 0 Å². The molecule has 112 valence electrons. The van der Waals surface area contributed by atoms with Gasteiger partial charge in [0.1, 0.15) is 0 Å². The summed E-state index contributed by atoms with van der Waals surface area (Å²) >= 11 is 0. The smallest absolute Gasteiger partial charge is 0.208 e. The van der Waals surface area contributed by atoms with E-state index in [-0.39, 0.29) is 6.04 Å². The van der Waals surface area contributed by atoms with E-state index in [0.717, 1.165) is 25.9 Å². The van der Waals surface area contributed by atoms with E-state index in [1.165, 1.54) is 22.7 Å². The maximum absolute atomic E-state index is 11.3. The van der Waals surface area contributed by atoms with Gasteiger partial charge in [0.15, 0.2) is 0 Å². The quantitative estimate of drug-likeness (QED) is 0.947. The van der Waals surface area contributed by atoms with Crippen LogP contribution in [0.2, 0.25) is 0 Å². The van der Waals surface area contributed by atoms with Crippen LogP contribution in [0.15, 0.2) is 42.5 Å². The van der Waals surface area contributed by atoms with E-state index in [1.54, 1.807) is 0 Å². The zero-order valence-electron chi connectivity index (χ0n) is 12.1. The average molecular weight is 304 g/mol. The molecule has 0 atom stereocenters. The largest absolute Gasteiger partial charge is 0.371 e. The van der Waals surface area contributed by atoms with Gasteiger partial charge >= 0.3 is 0 Å². The summed E-state index contributed by atoms with van der Waals surface area (Å²) in [6.45, 7) is 1.75. The van der Waals surface area contributed by atoms with Crippen LogP contribution in [0.25, 0.3) is 10.8 Å². The molecule has 1 heterocycles. The van der Waals surface area contributed by atoms with Crippen LogP contribution >= 0.6 is 0 Å². The van der Waals surface area contributed by atoms with Gasteiger partial charge in [0.25, 0.3) is 0 Å². The minimum Gasteiger partial charge on any atom is -0.371 e. The first-order valence-electron chi connectivity index (χ1n) is 7.23. The fourth-order valence-electron chi connectivity index (χ4n) is 3.03. The number of piperidine rings is 1. The van der Waals surface area contributed by atoms with Gasteiger partial charge in [-0.3, -0.25) is 0 Å². The Labute approximate surface area is 125 Å². The fourth-order valence-corrected chi connectivity index (χ4v) is 3.87. The molecule has 0 amide bonds. The van der Waals surface area contributed by atoms with E-state index >= 15 is 0 Å². The Morgan fingerprint density at radius 2 is 1.71 bits per heavy atom. The van der Waals surface area contributed by atoms with Crippen LogP contribution in [0, 0.1) is 0 Å². The van der Waals surface area contributed by atoms with Crippen LogP contribution in [-0.2, 0) is 10.0 Å². The van der Waals surface area contributed by atoms with Crippen molar-refractivity contribution in [1.82, 2.24) is 4.72 Å². The first kappa shape index (κ1) is 14.4. The lowest BCUT2D eigenvalue weighted by Crippen LogP contribution is -2.44. The van der Waals surface area contributed by atoms with E-state index in [2.05, 4.69) is 46.0 Å². The molecule has 1 saturated heterocycles. The maximum atomic E-state index is 11.3. The molecule has 0 spiro atoms. The lowest BCUT2D eigenvalue weighted by molar-refractivity contribution is 0.462. The molecule has 4 nitrogen and oxygen atoms in total. The average Bonchev–Trinajstić information content (AvgIpc) is 2.46. The summed E-state index contributed by atoms with van der Waals surface area (Å²) in [5, 5.41) is 2.50. The van der Waals surface area contributed by atoms with Gasteiger partial charge in [0, 0.05) is 30.2 Å². The van der Waals surface area contributed by atoms with E-state index in [1.807, 2.05) is 6.07 Å². The Hall–Kier alpha value is -1.59. The molecule has 21 heavy (non-hydrogen) atoms. The predicted octanol–water partition coefficient (Wildman–Crippen LogP) is 2.36. The lowest BCUT2D eigenvalue weighted by atomic mass is 10.0. The minimum absolute atomic E-state index is 0.0613. The second-order valence-electron chi connectivity index (χ2n) is 5.65. The highest BCUT2D eigenvalue weighted by Crippen LogP contribution is 2.28. The summed E-state index contributed by atoms with van der Waals surface area (Å²) in [6, 6.07) is 14.8. The third-order valence-corrected chi connectivity index (χ3v) is 4.74. The third-order valence-electron chi connectivity index (χ3n) is 3.98. The number of hydrogen-bond acceptors (Lipinski definition) is 3. The first-order chi connectivity index (χ1) is 10.0. The van der Waals surface area contributed by atoms with Gasteiger partial charge < -0.3 is 4.90 Å². The summed E-state index contributed by atoms with van der Waals surface area (Å²) < 4.78 is 25.3. The molecule has 1 aliphatic rings. The van der Waals surface area contributed by atoms with Crippen molar-refractivity contribution in [2.24, 2.45) is 0 Å². The molecule has 1 aliphatic heterocycles. The van der Waals surface area contributed by atoms with Crippen molar-refractivity contribution < 1.29 is 8.42 Å². The van der Waals surface area contributed by atoms with Crippen molar-refractivity contribution in [3.63, 3.8) is 0 Å². The maximum Gasteiger partial charge on any atom is 0.208 e. The molecular formula is C16H20N2O2S. The first-order valence-corrected chi connectivity index (χ1v) is 9.12. The summed E-state index contributed by atoms with van der Waals surface area (Å²) in [7, 11) is -3.11. The van der Waals surface area contributed by atoms with Gasteiger partial charge in [0.2, 0.25) is 10.0 Å². The number of nitrogens with zero attached hydrogens (tertiary/aromatic N) is 1. The standard InChI is InChI=1S/C16H20N2O2S/c1-21(19,20)17-14-9-11-18(12-10-14)16-8-4-6-13-5-2-3-7-15(13)16/h2-8,14,17H,9-12H2,1H3. The zero-order valence-corrected chi connectivity index (χ0v) is 12.9. The van der Waals surface area contributed by atoms with Gasteiger partial charge in [-0.25, -0.2) is 13.1 Å². The second kappa shape index (κ2) is 5.66. The predicted molar refractivity (Wildman–Crippen MR) is 87.2 cm³/mol. The lowest BCUT2D eigenvalue weighted by Gasteiger charge is -2.34. The van der Waals surface area contributed by atoms with E-state index in [4.69, 9.17) is 0 Å². The number of anilines is 1. The van der Waals surface area contributed by atoms with E-state index < -0.39 is 10.0 Å². The van der Waals surface area contributed by atoms with Gasteiger partial charge in [-0.15, -0.1) is 0 Å². The SMILES string of the molecule is CS(=O)(=O)NC1CCN(c2cccc3ccccc23)CC1. The molecule has 1 fully saturated rings. The third kappa shape index (κ3) is 3.36. The number of sulfonamides is 1. The summed E-state index contributed by atoms with van der Waals surface area (Å²) in [4.78, 5) is 2.35. The van der Waals surface area contributed by atoms with Crippen LogP contribution in [-0.4, -0.2) is 33.8 Å². The topological polar surface area (TPSA) is 49.4 Å². The van der Waals surface area contributed by atoms with Crippen LogP contribution in [0.5, 0.6) is 0 Å². The van der Waals surface area contributed by atoms with Crippen molar-refractivity contribution in [2.45, 2.75) is 18.9 Å². The highest BCUT2D eigenvalue weighted by molar-refractivity contribution is 7.88.